The maximum Gasteiger partial charge on any atom is 0.340 e. The first kappa shape index (κ1) is 21.1. The van der Waals surface area contributed by atoms with E-state index in [4.69, 9.17) is 20.2 Å². The van der Waals surface area contributed by atoms with Gasteiger partial charge in [0.1, 0.15) is 30.5 Å². The standard InChI is InChI=1S/C12H22O12/c1-3-5(15)10(24-21)9(19)12(22-3)23-11(20)8(18)7(17)6(16)4(14)2-13/h3-10,12-19,21H,2H2,1H3/t3-,4-,5-,6+,7+,8-,9-,10+,12+/m1/s1. The minimum atomic E-state index is -2.34. The van der Waals surface area contributed by atoms with E-state index in [0.29, 0.717) is 0 Å². The Morgan fingerprint density at radius 3 is 2.21 bits per heavy atom. The summed E-state index contributed by atoms with van der Waals surface area (Å²) in [5.74, 6) is -1.53. The quantitative estimate of drug-likeness (QED) is 0.123. The summed E-state index contributed by atoms with van der Waals surface area (Å²) in [7, 11) is 0. The normalized spacial score (nSPS) is 35.8. The van der Waals surface area contributed by atoms with Gasteiger partial charge < -0.3 is 45.2 Å². The Labute approximate surface area is 136 Å². The van der Waals surface area contributed by atoms with Gasteiger partial charge in [-0.1, -0.05) is 0 Å². The molecule has 0 saturated carbocycles. The van der Waals surface area contributed by atoms with Crippen molar-refractivity contribution < 1.29 is 60.2 Å². The number of rotatable bonds is 7. The minimum Gasteiger partial charge on any atom is -0.431 e. The van der Waals surface area contributed by atoms with Gasteiger partial charge in [0.05, 0.1) is 12.7 Å². The molecule has 0 radical (unpaired) electrons. The highest BCUT2D eigenvalue weighted by Gasteiger charge is 2.47. The summed E-state index contributed by atoms with van der Waals surface area (Å²) in [5, 5.41) is 74.5. The van der Waals surface area contributed by atoms with Crippen LogP contribution in [0.15, 0.2) is 0 Å². The number of aliphatic hydroxyl groups is 7. The Morgan fingerprint density at radius 1 is 1.12 bits per heavy atom. The van der Waals surface area contributed by atoms with E-state index in [1.165, 1.54) is 6.92 Å². The van der Waals surface area contributed by atoms with E-state index in [2.05, 4.69) is 9.62 Å². The van der Waals surface area contributed by atoms with Gasteiger partial charge in [0.2, 0.25) is 6.29 Å². The molecule has 0 aliphatic carbocycles. The van der Waals surface area contributed by atoms with E-state index in [9.17, 15) is 30.3 Å². The van der Waals surface area contributed by atoms with E-state index in [0.717, 1.165) is 0 Å². The molecule has 0 aromatic rings. The molecule has 12 nitrogen and oxygen atoms in total. The molecule has 1 saturated heterocycles. The van der Waals surface area contributed by atoms with Gasteiger partial charge in [0, 0.05) is 0 Å². The van der Waals surface area contributed by atoms with Gasteiger partial charge in [-0.3, -0.25) is 5.26 Å². The van der Waals surface area contributed by atoms with Crippen LogP contribution in [0, 0.1) is 0 Å². The Balaban J connectivity index is 2.72. The molecular formula is C12H22O12. The lowest BCUT2D eigenvalue weighted by Gasteiger charge is -2.39. The van der Waals surface area contributed by atoms with Crippen molar-refractivity contribution in [1.82, 2.24) is 0 Å². The van der Waals surface area contributed by atoms with Gasteiger partial charge in [0.15, 0.2) is 12.2 Å². The number of aliphatic hydroxyl groups excluding tert-OH is 7. The lowest BCUT2D eigenvalue weighted by Crippen LogP contribution is -2.59. The van der Waals surface area contributed by atoms with Crippen LogP contribution in [0.1, 0.15) is 6.92 Å². The fraction of sp³-hybridized carbons (Fsp3) is 0.917. The highest BCUT2D eigenvalue weighted by molar-refractivity contribution is 5.75. The lowest BCUT2D eigenvalue weighted by atomic mass is 10.00. The van der Waals surface area contributed by atoms with Gasteiger partial charge >= 0.3 is 5.97 Å². The lowest BCUT2D eigenvalue weighted by molar-refractivity contribution is -0.370. The predicted octanol–water partition coefficient (Wildman–Crippen LogP) is -4.71. The van der Waals surface area contributed by atoms with Crippen molar-refractivity contribution in [2.45, 2.75) is 62.0 Å². The molecular weight excluding hydrogens is 336 g/mol. The van der Waals surface area contributed by atoms with Gasteiger partial charge in [-0.05, 0) is 6.92 Å². The van der Waals surface area contributed by atoms with Crippen LogP contribution in [-0.2, 0) is 19.2 Å². The van der Waals surface area contributed by atoms with E-state index >= 15 is 0 Å². The van der Waals surface area contributed by atoms with Crippen molar-refractivity contribution >= 4 is 5.97 Å². The van der Waals surface area contributed by atoms with Gasteiger partial charge in [-0.2, -0.15) is 0 Å². The Hall–Kier alpha value is -0.930. The fourth-order valence-corrected chi connectivity index (χ4v) is 2.06. The molecule has 1 fully saturated rings. The first-order valence-corrected chi connectivity index (χ1v) is 7.01. The Kier molecular flexibility index (Phi) is 7.88. The van der Waals surface area contributed by atoms with Crippen molar-refractivity contribution in [2.75, 3.05) is 6.61 Å². The number of esters is 1. The van der Waals surface area contributed by atoms with E-state index in [-0.39, 0.29) is 0 Å². The van der Waals surface area contributed by atoms with Crippen LogP contribution in [0.25, 0.3) is 0 Å². The number of ether oxygens (including phenoxy) is 2. The van der Waals surface area contributed by atoms with Crippen molar-refractivity contribution in [3.05, 3.63) is 0 Å². The zero-order chi connectivity index (χ0) is 18.6. The van der Waals surface area contributed by atoms with Crippen LogP contribution >= 0.6 is 0 Å². The van der Waals surface area contributed by atoms with Gasteiger partial charge in [0.25, 0.3) is 0 Å². The summed E-state index contributed by atoms with van der Waals surface area (Å²) in [6, 6.07) is 0. The van der Waals surface area contributed by atoms with Crippen LogP contribution in [0.2, 0.25) is 0 Å². The van der Waals surface area contributed by atoms with E-state index < -0.39 is 67.7 Å². The minimum absolute atomic E-state index is 0.935. The average Bonchev–Trinajstić information content (AvgIpc) is 2.57. The van der Waals surface area contributed by atoms with E-state index in [1.807, 2.05) is 0 Å². The average molecular weight is 358 g/mol. The molecule has 12 heteroatoms. The summed E-state index contributed by atoms with van der Waals surface area (Å²) in [6.45, 7) is 0.394. The molecule has 0 unspecified atom stereocenters. The Morgan fingerprint density at radius 2 is 1.71 bits per heavy atom. The molecule has 1 heterocycles. The molecule has 1 aliphatic heterocycles. The topological polar surface area (TPSA) is 207 Å². The molecule has 0 bridgehead atoms. The molecule has 0 spiro atoms. The van der Waals surface area contributed by atoms with Gasteiger partial charge in [-0.25, -0.2) is 9.68 Å². The largest absolute Gasteiger partial charge is 0.431 e. The number of hydrogen-bond donors (Lipinski definition) is 8. The van der Waals surface area contributed by atoms with Crippen molar-refractivity contribution in [2.24, 2.45) is 0 Å². The zero-order valence-electron chi connectivity index (χ0n) is 12.6. The number of carbonyl (C=O) groups excluding carboxylic acids is 1. The third-order valence-corrected chi connectivity index (χ3v) is 3.63. The second-order valence-corrected chi connectivity index (χ2v) is 5.37. The number of hydrogen-bond acceptors (Lipinski definition) is 12. The molecule has 1 rings (SSSR count). The highest BCUT2D eigenvalue weighted by Crippen LogP contribution is 2.24. The monoisotopic (exact) mass is 358 g/mol. The molecule has 0 amide bonds. The first-order valence-electron chi connectivity index (χ1n) is 7.01. The number of carbonyl (C=O) groups is 1. The van der Waals surface area contributed by atoms with Crippen LogP contribution < -0.4 is 0 Å². The summed E-state index contributed by atoms with van der Waals surface area (Å²) in [4.78, 5) is 15.7. The molecule has 1 aliphatic rings. The van der Waals surface area contributed by atoms with Crippen LogP contribution in [0.3, 0.4) is 0 Å². The fourth-order valence-electron chi connectivity index (χ4n) is 2.06. The molecule has 0 aromatic carbocycles. The summed E-state index contributed by atoms with van der Waals surface area (Å²) in [5.41, 5.74) is 0. The van der Waals surface area contributed by atoms with Crippen molar-refractivity contribution in [3.8, 4) is 0 Å². The highest BCUT2D eigenvalue weighted by atomic mass is 17.1. The first-order chi connectivity index (χ1) is 11.1. The second-order valence-electron chi connectivity index (χ2n) is 5.37. The molecule has 24 heavy (non-hydrogen) atoms. The van der Waals surface area contributed by atoms with E-state index in [1.54, 1.807) is 0 Å². The zero-order valence-corrected chi connectivity index (χ0v) is 12.6. The molecule has 8 N–H and O–H groups in total. The van der Waals surface area contributed by atoms with Crippen molar-refractivity contribution in [1.29, 1.82) is 0 Å². The third-order valence-electron chi connectivity index (χ3n) is 3.63. The van der Waals surface area contributed by atoms with Crippen LogP contribution in [0.4, 0.5) is 0 Å². The molecule has 9 atom stereocenters. The summed E-state index contributed by atoms with van der Waals surface area (Å²) in [6.07, 6.45) is -16.0. The maximum absolute atomic E-state index is 11.8. The van der Waals surface area contributed by atoms with Crippen LogP contribution in [0.5, 0.6) is 0 Å². The second kappa shape index (κ2) is 8.96. The maximum atomic E-state index is 11.8. The summed E-state index contributed by atoms with van der Waals surface area (Å²) < 4.78 is 9.62. The van der Waals surface area contributed by atoms with Crippen LogP contribution in [-0.4, -0.2) is 109 Å². The smallest absolute Gasteiger partial charge is 0.340 e. The molecule has 142 valence electrons. The Bertz CT molecular complexity index is 405. The summed E-state index contributed by atoms with van der Waals surface area (Å²) >= 11 is 0. The van der Waals surface area contributed by atoms with Gasteiger partial charge in [-0.15, -0.1) is 0 Å². The third kappa shape index (κ3) is 4.58. The molecule has 0 aromatic heterocycles. The SMILES string of the molecule is C[C@H]1O[C@@H](OC(=O)[C@H](O)[C@@H](O)[C@@H](O)[C@H](O)CO)[C@H](O)[C@@H](OO)[C@@H]1O. The van der Waals surface area contributed by atoms with Crippen molar-refractivity contribution in [3.63, 3.8) is 0 Å². The predicted molar refractivity (Wildman–Crippen MR) is 71.1 cm³/mol.